The number of hydrogen-bond donors (Lipinski definition) is 2. The highest BCUT2D eigenvalue weighted by atomic mass is 16.1. The second kappa shape index (κ2) is 6.29. The standard InChI is InChI=1S/C7H13NO.H3N/c1-4-6(3)8-7(9)5-2;/h5-6H,2,4H2,1,3H3,(H,8,9);1H3. The molecule has 0 bridgehead atoms. The minimum Gasteiger partial charge on any atom is -0.350 e. The SMILES string of the molecule is C=CC(=O)NC(C)CC.N. The molecule has 0 heterocycles. The first-order valence-electron chi connectivity index (χ1n) is 3.13. The van der Waals surface area contributed by atoms with Gasteiger partial charge in [0.05, 0.1) is 0 Å². The molecule has 4 N–H and O–H groups in total. The van der Waals surface area contributed by atoms with E-state index in [2.05, 4.69) is 11.9 Å². The van der Waals surface area contributed by atoms with E-state index in [0.717, 1.165) is 6.42 Å². The Morgan fingerprint density at radius 1 is 1.80 bits per heavy atom. The summed E-state index contributed by atoms with van der Waals surface area (Å²) in [6.45, 7) is 7.32. The van der Waals surface area contributed by atoms with Gasteiger partial charge in [0, 0.05) is 6.04 Å². The van der Waals surface area contributed by atoms with Crippen LogP contribution in [0.3, 0.4) is 0 Å². The van der Waals surface area contributed by atoms with Crippen LogP contribution in [0.4, 0.5) is 0 Å². The lowest BCUT2D eigenvalue weighted by molar-refractivity contribution is -0.117. The quantitative estimate of drug-likeness (QED) is 0.585. The number of rotatable bonds is 3. The largest absolute Gasteiger partial charge is 0.350 e. The van der Waals surface area contributed by atoms with Crippen molar-refractivity contribution in [2.75, 3.05) is 0 Å². The predicted molar refractivity (Wildman–Crippen MR) is 43.1 cm³/mol. The molecule has 0 saturated heterocycles. The number of amides is 1. The zero-order chi connectivity index (χ0) is 7.28. The molecule has 0 aromatic carbocycles. The molecule has 0 rings (SSSR count). The predicted octanol–water partition coefficient (Wildman–Crippen LogP) is 1.25. The zero-order valence-electron chi connectivity index (χ0n) is 6.68. The van der Waals surface area contributed by atoms with Crippen molar-refractivity contribution in [3.05, 3.63) is 12.7 Å². The average Bonchev–Trinajstić information content (AvgIpc) is 1.87. The molecule has 0 aromatic heterocycles. The second-order valence-corrected chi connectivity index (χ2v) is 2.02. The van der Waals surface area contributed by atoms with Crippen molar-refractivity contribution in [2.24, 2.45) is 0 Å². The van der Waals surface area contributed by atoms with E-state index in [1.807, 2.05) is 13.8 Å². The van der Waals surface area contributed by atoms with Gasteiger partial charge in [-0.2, -0.15) is 0 Å². The Kier molecular flexibility index (Phi) is 7.49. The van der Waals surface area contributed by atoms with Crippen LogP contribution in [0.15, 0.2) is 12.7 Å². The first-order valence-corrected chi connectivity index (χ1v) is 3.13. The van der Waals surface area contributed by atoms with Crippen molar-refractivity contribution in [3.8, 4) is 0 Å². The van der Waals surface area contributed by atoms with Crippen LogP contribution >= 0.6 is 0 Å². The highest BCUT2D eigenvalue weighted by molar-refractivity contribution is 5.86. The lowest BCUT2D eigenvalue weighted by atomic mass is 10.2. The van der Waals surface area contributed by atoms with Crippen LogP contribution in [0, 0.1) is 0 Å². The van der Waals surface area contributed by atoms with Gasteiger partial charge in [0.2, 0.25) is 5.91 Å². The number of hydrogen-bond acceptors (Lipinski definition) is 2. The van der Waals surface area contributed by atoms with Crippen molar-refractivity contribution < 1.29 is 4.79 Å². The Bertz CT molecular complexity index is 112. The normalized spacial score (nSPS) is 11.0. The molecule has 0 radical (unpaired) electrons. The average molecular weight is 144 g/mol. The van der Waals surface area contributed by atoms with Gasteiger partial charge in [-0.25, -0.2) is 0 Å². The molecule has 60 valence electrons. The number of carbonyl (C=O) groups is 1. The minimum atomic E-state index is -0.0932. The molecule has 0 spiro atoms. The zero-order valence-corrected chi connectivity index (χ0v) is 6.68. The fourth-order valence-electron chi connectivity index (χ4n) is 0.404. The van der Waals surface area contributed by atoms with E-state index in [9.17, 15) is 4.79 Å². The summed E-state index contributed by atoms with van der Waals surface area (Å²) in [6.07, 6.45) is 2.24. The van der Waals surface area contributed by atoms with E-state index in [1.165, 1.54) is 6.08 Å². The van der Waals surface area contributed by atoms with Gasteiger partial charge < -0.3 is 11.5 Å². The van der Waals surface area contributed by atoms with E-state index in [4.69, 9.17) is 0 Å². The lowest BCUT2D eigenvalue weighted by Gasteiger charge is -2.07. The van der Waals surface area contributed by atoms with Crippen molar-refractivity contribution in [3.63, 3.8) is 0 Å². The molecule has 0 aliphatic rings. The monoisotopic (exact) mass is 144 g/mol. The Morgan fingerprint density at radius 3 is 2.60 bits per heavy atom. The molecule has 3 heteroatoms. The third kappa shape index (κ3) is 5.31. The summed E-state index contributed by atoms with van der Waals surface area (Å²) in [5.41, 5.74) is 0. The minimum absolute atomic E-state index is 0. The lowest BCUT2D eigenvalue weighted by Crippen LogP contribution is -2.30. The van der Waals surface area contributed by atoms with Gasteiger partial charge in [0.15, 0.2) is 0 Å². The fourth-order valence-corrected chi connectivity index (χ4v) is 0.404. The van der Waals surface area contributed by atoms with Gasteiger partial charge in [-0.15, -0.1) is 0 Å². The van der Waals surface area contributed by atoms with E-state index in [-0.39, 0.29) is 18.1 Å². The van der Waals surface area contributed by atoms with Gasteiger partial charge in [-0.05, 0) is 19.4 Å². The number of carbonyl (C=O) groups excluding carboxylic acids is 1. The van der Waals surface area contributed by atoms with Gasteiger partial charge in [-0.1, -0.05) is 13.5 Å². The highest BCUT2D eigenvalue weighted by Gasteiger charge is 1.98. The molecule has 1 unspecified atom stereocenters. The van der Waals surface area contributed by atoms with E-state index < -0.39 is 0 Å². The summed E-state index contributed by atoms with van der Waals surface area (Å²) < 4.78 is 0. The van der Waals surface area contributed by atoms with Crippen LogP contribution in [0.2, 0.25) is 0 Å². The van der Waals surface area contributed by atoms with Gasteiger partial charge in [-0.3, -0.25) is 4.79 Å². The molecule has 0 aliphatic carbocycles. The number of nitrogens with one attached hydrogen (secondary N) is 1. The molecule has 10 heavy (non-hydrogen) atoms. The van der Waals surface area contributed by atoms with Crippen LogP contribution in [0.25, 0.3) is 0 Å². The Labute approximate surface area is 62.1 Å². The summed E-state index contributed by atoms with van der Waals surface area (Å²) in [6, 6.07) is 0.260. The Balaban J connectivity index is 0. The molecule has 1 atom stereocenters. The van der Waals surface area contributed by atoms with Crippen molar-refractivity contribution in [2.45, 2.75) is 26.3 Å². The fraction of sp³-hybridized carbons (Fsp3) is 0.571. The molecular weight excluding hydrogens is 128 g/mol. The molecule has 0 aromatic rings. The van der Waals surface area contributed by atoms with Gasteiger partial charge in [0.25, 0.3) is 0 Å². The van der Waals surface area contributed by atoms with Crippen molar-refractivity contribution in [1.29, 1.82) is 0 Å². The molecular formula is C7H16N2O. The van der Waals surface area contributed by atoms with E-state index in [1.54, 1.807) is 0 Å². The summed E-state index contributed by atoms with van der Waals surface area (Å²) >= 11 is 0. The molecule has 0 fully saturated rings. The van der Waals surface area contributed by atoms with Crippen LogP contribution in [0.1, 0.15) is 20.3 Å². The summed E-state index contributed by atoms with van der Waals surface area (Å²) in [7, 11) is 0. The molecule has 0 saturated carbocycles. The second-order valence-electron chi connectivity index (χ2n) is 2.02. The Morgan fingerprint density at radius 2 is 2.30 bits per heavy atom. The first kappa shape index (κ1) is 11.9. The van der Waals surface area contributed by atoms with Gasteiger partial charge >= 0.3 is 0 Å². The van der Waals surface area contributed by atoms with Crippen LogP contribution < -0.4 is 11.5 Å². The summed E-state index contributed by atoms with van der Waals surface area (Å²) in [5, 5.41) is 2.72. The highest BCUT2D eigenvalue weighted by Crippen LogP contribution is 1.86. The maximum Gasteiger partial charge on any atom is 0.243 e. The third-order valence-corrected chi connectivity index (χ3v) is 1.19. The van der Waals surface area contributed by atoms with Crippen LogP contribution in [-0.4, -0.2) is 11.9 Å². The summed E-state index contributed by atoms with van der Waals surface area (Å²) in [4.78, 5) is 10.6. The first-order chi connectivity index (χ1) is 4.20. The van der Waals surface area contributed by atoms with Gasteiger partial charge in [0.1, 0.15) is 0 Å². The van der Waals surface area contributed by atoms with E-state index >= 15 is 0 Å². The van der Waals surface area contributed by atoms with Crippen LogP contribution in [-0.2, 0) is 4.79 Å². The van der Waals surface area contributed by atoms with E-state index in [0.29, 0.717) is 0 Å². The van der Waals surface area contributed by atoms with Crippen molar-refractivity contribution in [1.82, 2.24) is 11.5 Å². The molecule has 1 amide bonds. The smallest absolute Gasteiger partial charge is 0.243 e. The maximum atomic E-state index is 10.6. The Hall–Kier alpha value is -0.830. The van der Waals surface area contributed by atoms with Crippen molar-refractivity contribution >= 4 is 5.91 Å². The summed E-state index contributed by atoms with van der Waals surface area (Å²) in [5.74, 6) is -0.0932. The third-order valence-electron chi connectivity index (χ3n) is 1.19. The van der Waals surface area contributed by atoms with Crippen LogP contribution in [0.5, 0.6) is 0 Å². The molecule has 3 nitrogen and oxygen atoms in total. The topological polar surface area (TPSA) is 64.1 Å². The molecule has 0 aliphatic heterocycles. The maximum absolute atomic E-state index is 10.6.